The lowest BCUT2D eigenvalue weighted by Gasteiger charge is -2.31. The molecule has 0 fully saturated rings. The number of alkyl halides is 2. The van der Waals surface area contributed by atoms with Gasteiger partial charge in [0.25, 0.3) is 0 Å². The van der Waals surface area contributed by atoms with Gasteiger partial charge < -0.3 is 4.74 Å². The van der Waals surface area contributed by atoms with Gasteiger partial charge >= 0.3 is 0 Å². The third-order valence-electron chi connectivity index (χ3n) is 2.74. The Morgan fingerprint density at radius 1 is 1.19 bits per heavy atom. The normalized spacial score (nSPS) is 11.8. The second-order valence-corrected chi connectivity index (χ2v) is 5.75. The van der Waals surface area contributed by atoms with Crippen molar-refractivity contribution in [2.45, 2.75) is 11.8 Å². The summed E-state index contributed by atoms with van der Waals surface area (Å²) in [5.41, 5.74) is 1.40. The number of methoxy groups -OCH3 is 1. The Bertz CT molecular complexity index is 324. The molecule has 0 spiro atoms. The first-order valence-corrected chi connectivity index (χ1v) is 8.09. The predicted octanol–water partition coefficient (Wildman–Crippen LogP) is 4.51. The number of ether oxygens (including phenoxy) is 1. The Labute approximate surface area is 122 Å². The van der Waals surface area contributed by atoms with Crippen LogP contribution in [0.3, 0.4) is 0 Å². The lowest BCUT2D eigenvalue weighted by atomic mass is 9.82. The molecule has 1 aromatic carbocycles. The van der Waals surface area contributed by atoms with E-state index in [1.54, 1.807) is 7.11 Å². The van der Waals surface area contributed by atoms with Crippen LogP contribution in [-0.4, -0.2) is 24.4 Å². The van der Waals surface area contributed by atoms with Gasteiger partial charge in [-0.2, -0.15) is 0 Å². The number of rotatable bonds is 6. The van der Waals surface area contributed by atoms with Crippen molar-refractivity contribution >= 4 is 47.8 Å². The smallest absolute Gasteiger partial charge is 0.0471 e. The Hall–Kier alpha value is 0.620. The van der Waals surface area contributed by atoms with Crippen molar-refractivity contribution in [3.8, 4) is 0 Å². The van der Waals surface area contributed by atoms with Crippen LogP contribution in [0.2, 0.25) is 0 Å². The molecule has 0 aromatic heterocycles. The molecular weight excluding hydrogens is 400 g/mol. The first-order valence-electron chi connectivity index (χ1n) is 5.06. The average Bonchev–Trinajstić information content (AvgIpc) is 2.33. The second-order valence-electron chi connectivity index (χ2n) is 3.77. The highest BCUT2D eigenvalue weighted by Crippen LogP contribution is 2.36. The van der Waals surface area contributed by atoms with Crippen LogP contribution in [0, 0.1) is 0 Å². The van der Waals surface area contributed by atoms with Gasteiger partial charge in [-0.25, -0.2) is 0 Å². The zero-order chi connectivity index (χ0) is 12.0. The molecule has 1 aromatic rings. The highest BCUT2D eigenvalue weighted by Gasteiger charge is 2.31. The molecule has 1 nitrogen and oxygen atoms in total. The molecule has 0 radical (unpaired) electrons. The molecule has 4 heteroatoms. The summed E-state index contributed by atoms with van der Waals surface area (Å²) in [5.74, 6) is 0. The van der Waals surface area contributed by atoms with E-state index in [0.717, 1.165) is 28.2 Å². The maximum atomic E-state index is 5.21. The van der Waals surface area contributed by atoms with Crippen molar-refractivity contribution in [3.63, 3.8) is 0 Å². The first-order chi connectivity index (χ1) is 7.70. The summed E-state index contributed by atoms with van der Waals surface area (Å²) in [5, 5.41) is 1.83. The lowest BCUT2D eigenvalue weighted by Crippen LogP contribution is -2.32. The van der Waals surface area contributed by atoms with Crippen molar-refractivity contribution in [2.75, 3.05) is 24.4 Å². The highest BCUT2D eigenvalue weighted by atomic mass is 79.9. The molecule has 0 amide bonds. The molecule has 0 saturated heterocycles. The summed E-state index contributed by atoms with van der Waals surface area (Å²) in [7, 11) is 1.74. The zero-order valence-corrected chi connectivity index (χ0v) is 13.9. The Morgan fingerprint density at radius 2 is 1.81 bits per heavy atom. The molecule has 1 rings (SSSR count). The standard InChI is InChI=1S/C12H15Br3O/c1-16-7-6-12(8-13,9-14)10-4-2-3-5-11(10)15/h2-5H,6-9H2,1H3. The van der Waals surface area contributed by atoms with E-state index in [1.807, 2.05) is 6.07 Å². The van der Waals surface area contributed by atoms with Crippen LogP contribution in [0.25, 0.3) is 0 Å². The lowest BCUT2D eigenvalue weighted by molar-refractivity contribution is 0.176. The van der Waals surface area contributed by atoms with Crippen molar-refractivity contribution in [1.82, 2.24) is 0 Å². The molecule has 0 aliphatic rings. The van der Waals surface area contributed by atoms with Gasteiger partial charge in [-0.15, -0.1) is 0 Å². The average molecular weight is 415 g/mol. The van der Waals surface area contributed by atoms with Gasteiger partial charge in [0.1, 0.15) is 0 Å². The Morgan fingerprint density at radius 3 is 2.31 bits per heavy atom. The molecule has 0 aliphatic heterocycles. The van der Waals surface area contributed by atoms with Crippen molar-refractivity contribution in [3.05, 3.63) is 34.3 Å². The van der Waals surface area contributed by atoms with Gasteiger partial charge in [0.15, 0.2) is 0 Å². The maximum absolute atomic E-state index is 5.21. The second kappa shape index (κ2) is 7.14. The van der Waals surface area contributed by atoms with Gasteiger partial charge in [-0.1, -0.05) is 66.0 Å². The topological polar surface area (TPSA) is 9.23 Å². The van der Waals surface area contributed by atoms with E-state index in [9.17, 15) is 0 Å². The summed E-state index contributed by atoms with van der Waals surface area (Å²) in [6.45, 7) is 0.762. The van der Waals surface area contributed by atoms with Crippen LogP contribution in [0.15, 0.2) is 28.7 Å². The summed E-state index contributed by atoms with van der Waals surface area (Å²) in [4.78, 5) is 0. The summed E-state index contributed by atoms with van der Waals surface area (Å²) >= 11 is 10.9. The fourth-order valence-electron chi connectivity index (χ4n) is 1.64. The number of halogens is 3. The number of benzene rings is 1. The molecule has 16 heavy (non-hydrogen) atoms. The van der Waals surface area contributed by atoms with Crippen molar-refractivity contribution < 1.29 is 4.74 Å². The summed E-state index contributed by atoms with van der Waals surface area (Å²) in [6, 6.07) is 8.37. The van der Waals surface area contributed by atoms with E-state index in [4.69, 9.17) is 4.74 Å². The minimum Gasteiger partial charge on any atom is -0.385 e. The van der Waals surface area contributed by atoms with Gasteiger partial charge in [0.2, 0.25) is 0 Å². The monoisotopic (exact) mass is 412 g/mol. The van der Waals surface area contributed by atoms with E-state index in [0.29, 0.717) is 0 Å². The number of hydrogen-bond acceptors (Lipinski definition) is 1. The quantitative estimate of drug-likeness (QED) is 0.622. The minimum absolute atomic E-state index is 0.0795. The van der Waals surface area contributed by atoms with Crippen LogP contribution in [-0.2, 0) is 10.2 Å². The fraction of sp³-hybridized carbons (Fsp3) is 0.500. The molecule has 0 atom stereocenters. The van der Waals surface area contributed by atoms with Crippen LogP contribution < -0.4 is 0 Å². The molecule has 0 heterocycles. The molecule has 0 unspecified atom stereocenters. The fourth-order valence-corrected chi connectivity index (χ4v) is 4.44. The van der Waals surface area contributed by atoms with Crippen molar-refractivity contribution in [1.29, 1.82) is 0 Å². The van der Waals surface area contributed by atoms with E-state index >= 15 is 0 Å². The molecular formula is C12H15Br3O. The van der Waals surface area contributed by atoms with Crippen LogP contribution in [0.4, 0.5) is 0 Å². The van der Waals surface area contributed by atoms with Gasteiger partial charge in [-0.3, -0.25) is 0 Å². The van der Waals surface area contributed by atoms with E-state index in [2.05, 4.69) is 66.0 Å². The number of hydrogen-bond donors (Lipinski definition) is 0. The minimum atomic E-state index is 0.0795. The van der Waals surface area contributed by atoms with E-state index in [-0.39, 0.29) is 5.41 Å². The third kappa shape index (κ3) is 3.31. The predicted molar refractivity (Wildman–Crippen MR) is 79.9 cm³/mol. The Kier molecular flexibility index (Phi) is 6.55. The Balaban J connectivity index is 3.05. The molecule has 0 saturated carbocycles. The van der Waals surface area contributed by atoms with Gasteiger partial charge in [0, 0.05) is 34.3 Å². The van der Waals surface area contributed by atoms with Crippen LogP contribution in [0.1, 0.15) is 12.0 Å². The summed E-state index contributed by atoms with van der Waals surface area (Å²) in [6.07, 6.45) is 0.989. The van der Waals surface area contributed by atoms with Crippen molar-refractivity contribution in [2.24, 2.45) is 0 Å². The summed E-state index contributed by atoms with van der Waals surface area (Å²) < 4.78 is 6.36. The molecule has 0 aliphatic carbocycles. The van der Waals surface area contributed by atoms with Gasteiger partial charge in [-0.05, 0) is 18.1 Å². The van der Waals surface area contributed by atoms with E-state index < -0.39 is 0 Å². The third-order valence-corrected chi connectivity index (χ3v) is 5.58. The molecule has 90 valence electrons. The van der Waals surface area contributed by atoms with E-state index in [1.165, 1.54) is 5.56 Å². The molecule has 0 bridgehead atoms. The van der Waals surface area contributed by atoms with Crippen LogP contribution >= 0.6 is 47.8 Å². The largest absolute Gasteiger partial charge is 0.385 e. The molecule has 0 N–H and O–H groups in total. The first kappa shape index (κ1) is 14.7. The highest BCUT2D eigenvalue weighted by molar-refractivity contribution is 9.10. The van der Waals surface area contributed by atoms with Gasteiger partial charge in [0.05, 0.1) is 0 Å². The SMILES string of the molecule is COCCC(CBr)(CBr)c1ccccc1Br. The van der Waals surface area contributed by atoms with Crippen LogP contribution in [0.5, 0.6) is 0 Å². The zero-order valence-electron chi connectivity index (χ0n) is 9.18. The maximum Gasteiger partial charge on any atom is 0.0471 e.